The number of halogens is 1. The second-order valence-electron chi connectivity index (χ2n) is 5.38. The molecule has 0 bridgehead atoms. The van der Waals surface area contributed by atoms with Gasteiger partial charge in [0.05, 0.1) is 18.5 Å². The fraction of sp³-hybridized carbons (Fsp3) is 0.538. The van der Waals surface area contributed by atoms with Gasteiger partial charge in [-0.05, 0) is 11.8 Å². The quantitative estimate of drug-likeness (QED) is 0.805. The summed E-state index contributed by atoms with van der Waals surface area (Å²) in [5.74, 6) is 0.257. The fourth-order valence-corrected chi connectivity index (χ4v) is 2.30. The van der Waals surface area contributed by atoms with Crippen LogP contribution in [0.4, 0.5) is 15.8 Å². The molecule has 3 nitrogen and oxygen atoms in total. The maximum absolute atomic E-state index is 13.9. The molecule has 0 spiro atoms. The molecule has 1 aliphatic heterocycles. The molecule has 1 fully saturated rings. The molecule has 0 unspecified atom stereocenters. The van der Waals surface area contributed by atoms with E-state index >= 15 is 0 Å². The average Bonchev–Trinajstić information content (AvgIpc) is 2.59. The number of methoxy groups -OCH3 is 1. The summed E-state index contributed by atoms with van der Waals surface area (Å²) < 4.78 is 19.0. The zero-order chi connectivity index (χ0) is 12.6. The molecule has 0 radical (unpaired) electrons. The molecule has 0 saturated carbocycles. The predicted octanol–water partition coefficient (Wildman–Crippen LogP) is 2.65. The molecule has 94 valence electrons. The molecule has 1 saturated heterocycles. The first-order chi connectivity index (χ1) is 7.93. The SMILES string of the molecule is COc1cc(N2CCC(C)(C)C2)c(F)cc1N. The molecular weight excluding hydrogens is 219 g/mol. The summed E-state index contributed by atoms with van der Waals surface area (Å²) in [5, 5.41) is 0. The Labute approximate surface area is 101 Å². The maximum atomic E-state index is 13.9. The van der Waals surface area contributed by atoms with Crippen LogP contribution in [0.3, 0.4) is 0 Å². The Bertz CT molecular complexity index is 432. The van der Waals surface area contributed by atoms with Crippen LogP contribution in [0.1, 0.15) is 20.3 Å². The first-order valence-electron chi connectivity index (χ1n) is 5.81. The van der Waals surface area contributed by atoms with Crippen LogP contribution in [0.25, 0.3) is 0 Å². The average molecular weight is 238 g/mol. The van der Waals surface area contributed by atoms with Gasteiger partial charge in [0, 0.05) is 25.2 Å². The molecule has 17 heavy (non-hydrogen) atoms. The Morgan fingerprint density at radius 2 is 2.12 bits per heavy atom. The highest BCUT2D eigenvalue weighted by atomic mass is 19.1. The van der Waals surface area contributed by atoms with Crippen molar-refractivity contribution in [2.75, 3.05) is 30.8 Å². The van der Waals surface area contributed by atoms with Gasteiger partial charge in [-0.1, -0.05) is 13.8 Å². The molecule has 2 N–H and O–H groups in total. The van der Waals surface area contributed by atoms with Crippen molar-refractivity contribution in [1.82, 2.24) is 0 Å². The molecule has 1 aromatic carbocycles. The van der Waals surface area contributed by atoms with Gasteiger partial charge in [-0.2, -0.15) is 0 Å². The van der Waals surface area contributed by atoms with Gasteiger partial charge in [-0.25, -0.2) is 4.39 Å². The number of benzene rings is 1. The lowest BCUT2D eigenvalue weighted by Crippen LogP contribution is -2.23. The summed E-state index contributed by atoms with van der Waals surface area (Å²) in [6.07, 6.45) is 1.07. The highest BCUT2D eigenvalue weighted by molar-refractivity contribution is 5.63. The predicted molar refractivity (Wildman–Crippen MR) is 68.0 cm³/mol. The van der Waals surface area contributed by atoms with Gasteiger partial charge in [-0.15, -0.1) is 0 Å². The van der Waals surface area contributed by atoms with Gasteiger partial charge in [0.1, 0.15) is 11.6 Å². The van der Waals surface area contributed by atoms with Gasteiger partial charge in [0.25, 0.3) is 0 Å². The molecule has 4 heteroatoms. The van der Waals surface area contributed by atoms with Crippen LogP contribution < -0.4 is 15.4 Å². The number of rotatable bonds is 2. The van der Waals surface area contributed by atoms with Gasteiger partial charge < -0.3 is 15.4 Å². The van der Waals surface area contributed by atoms with E-state index < -0.39 is 0 Å². The van der Waals surface area contributed by atoms with Crippen LogP contribution in [0.15, 0.2) is 12.1 Å². The number of anilines is 2. The number of nitrogen functional groups attached to an aromatic ring is 1. The second kappa shape index (κ2) is 4.09. The Morgan fingerprint density at radius 3 is 2.65 bits per heavy atom. The zero-order valence-corrected chi connectivity index (χ0v) is 10.6. The minimum Gasteiger partial charge on any atom is -0.495 e. The summed E-state index contributed by atoms with van der Waals surface area (Å²) in [4.78, 5) is 2.05. The summed E-state index contributed by atoms with van der Waals surface area (Å²) in [7, 11) is 1.54. The van der Waals surface area contributed by atoms with Crippen molar-refractivity contribution in [3.8, 4) is 5.75 Å². The largest absolute Gasteiger partial charge is 0.495 e. The minimum atomic E-state index is -0.277. The normalized spacial score (nSPS) is 18.5. The fourth-order valence-electron chi connectivity index (χ4n) is 2.30. The third-order valence-electron chi connectivity index (χ3n) is 3.32. The van der Waals surface area contributed by atoms with Crippen LogP contribution in [0.2, 0.25) is 0 Å². The number of nitrogens with two attached hydrogens (primary N) is 1. The van der Waals surface area contributed by atoms with Gasteiger partial charge in [-0.3, -0.25) is 0 Å². The Kier molecular flexibility index (Phi) is 2.89. The number of ether oxygens (including phenoxy) is 1. The van der Waals surface area contributed by atoms with E-state index in [0.717, 1.165) is 19.5 Å². The first-order valence-corrected chi connectivity index (χ1v) is 5.81. The smallest absolute Gasteiger partial charge is 0.148 e. The van der Waals surface area contributed by atoms with Crippen molar-refractivity contribution >= 4 is 11.4 Å². The molecule has 0 amide bonds. The van der Waals surface area contributed by atoms with Crippen molar-refractivity contribution in [3.63, 3.8) is 0 Å². The molecular formula is C13H19FN2O. The van der Waals surface area contributed by atoms with E-state index in [9.17, 15) is 4.39 Å². The third-order valence-corrected chi connectivity index (χ3v) is 3.32. The lowest BCUT2D eigenvalue weighted by molar-refractivity contribution is 0.414. The standard InChI is InChI=1S/C13H19FN2O/c1-13(2)4-5-16(8-13)11-7-12(17-3)10(15)6-9(11)14/h6-7H,4-5,8,15H2,1-3H3. The van der Waals surface area contributed by atoms with Crippen molar-refractivity contribution in [1.29, 1.82) is 0 Å². The summed E-state index contributed by atoms with van der Waals surface area (Å²) in [6, 6.07) is 3.02. The topological polar surface area (TPSA) is 38.5 Å². The van der Waals surface area contributed by atoms with Gasteiger partial charge in [0.2, 0.25) is 0 Å². The first kappa shape index (κ1) is 12.0. The number of nitrogens with zero attached hydrogens (tertiary/aromatic N) is 1. The van der Waals surface area contributed by atoms with Crippen LogP contribution in [-0.4, -0.2) is 20.2 Å². The Morgan fingerprint density at radius 1 is 1.41 bits per heavy atom. The van der Waals surface area contributed by atoms with E-state index in [0.29, 0.717) is 17.1 Å². The minimum absolute atomic E-state index is 0.237. The molecule has 0 aliphatic carbocycles. The van der Waals surface area contributed by atoms with Crippen LogP contribution in [0.5, 0.6) is 5.75 Å². The maximum Gasteiger partial charge on any atom is 0.148 e. The van der Waals surface area contributed by atoms with Crippen LogP contribution in [-0.2, 0) is 0 Å². The Hall–Kier alpha value is -1.45. The van der Waals surface area contributed by atoms with Crippen LogP contribution in [0, 0.1) is 11.2 Å². The monoisotopic (exact) mass is 238 g/mol. The van der Waals surface area contributed by atoms with E-state index in [4.69, 9.17) is 10.5 Å². The highest BCUT2D eigenvalue weighted by Gasteiger charge is 2.30. The van der Waals surface area contributed by atoms with Crippen molar-refractivity contribution in [2.24, 2.45) is 5.41 Å². The highest BCUT2D eigenvalue weighted by Crippen LogP contribution is 2.37. The molecule has 1 heterocycles. The van der Waals surface area contributed by atoms with E-state index in [2.05, 4.69) is 18.7 Å². The number of hydrogen-bond donors (Lipinski definition) is 1. The third kappa shape index (κ3) is 2.30. The zero-order valence-electron chi connectivity index (χ0n) is 10.6. The lowest BCUT2D eigenvalue weighted by Gasteiger charge is -2.23. The number of hydrogen-bond acceptors (Lipinski definition) is 3. The van der Waals surface area contributed by atoms with Gasteiger partial charge in [0.15, 0.2) is 0 Å². The summed E-state index contributed by atoms with van der Waals surface area (Å²) in [5.41, 5.74) is 6.83. The summed E-state index contributed by atoms with van der Waals surface area (Å²) >= 11 is 0. The van der Waals surface area contributed by atoms with E-state index in [1.54, 1.807) is 13.2 Å². The Balaban J connectivity index is 2.33. The van der Waals surface area contributed by atoms with E-state index in [1.165, 1.54) is 6.07 Å². The second-order valence-corrected chi connectivity index (χ2v) is 5.38. The molecule has 0 atom stereocenters. The van der Waals surface area contributed by atoms with E-state index in [1.807, 2.05) is 0 Å². The lowest BCUT2D eigenvalue weighted by atomic mass is 9.93. The molecule has 2 rings (SSSR count). The van der Waals surface area contributed by atoms with Crippen molar-refractivity contribution < 1.29 is 9.13 Å². The molecule has 1 aliphatic rings. The van der Waals surface area contributed by atoms with Crippen molar-refractivity contribution in [2.45, 2.75) is 20.3 Å². The van der Waals surface area contributed by atoms with E-state index in [-0.39, 0.29) is 11.2 Å². The van der Waals surface area contributed by atoms with Gasteiger partial charge >= 0.3 is 0 Å². The molecule has 0 aromatic heterocycles. The van der Waals surface area contributed by atoms with Crippen molar-refractivity contribution in [3.05, 3.63) is 17.9 Å². The summed E-state index contributed by atoms with van der Waals surface area (Å²) in [6.45, 7) is 6.12. The molecule has 1 aromatic rings. The van der Waals surface area contributed by atoms with Crippen LogP contribution >= 0.6 is 0 Å².